The van der Waals surface area contributed by atoms with Crippen LogP contribution >= 0.6 is 0 Å². The maximum absolute atomic E-state index is 12.6. The molecule has 1 unspecified atom stereocenters. The van der Waals surface area contributed by atoms with Gasteiger partial charge in [0.05, 0.1) is 18.8 Å². The van der Waals surface area contributed by atoms with Crippen LogP contribution in [-0.2, 0) is 17.3 Å². The molecule has 1 aromatic heterocycles. The van der Waals surface area contributed by atoms with Crippen LogP contribution in [0.1, 0.15) is 11.5 Å². The third-order valence-corrected chi connectivity index (χ3v) is 3.18. The second-order valence-corrected chi connectivity index (χ2v) is 4.72. The summed E-state index contributed by atoms with van der Waals surface area (Å²) >= 11 is 0. The third kappa shape index (κ3) is 2.78. The SMILES string of the molecule is FC(F)(F)c1ccc2oc(CC3COCCN3)nc2c1. The molecule has 0 bridgehead atoms. The van der Waals surface area contributed by atoms with Gasteiger partial charge in [-0.05, 0) is 18.2 Å². The number of halogens is 3. The van der Waals surface area contributed by atoms with Gasteiger partial charge in [-0.3, -0.25) is 0 Å². The number of morpholine rings is 1. The first-order valence-electron chi connectivity index (χ1n) is 6.30. The highest BCUT2D eigenvalue weighted by Gasteiger charge is 2.31. The fourth-order valence-corrected chi connectivity index (χ4v) is 2.20. The summed E-state index contributed by atoms with van der Waals surface area (Å²) in [6, 6.07) is 3.39. The Labute approximate surface area is 112 Å². The number of oxazole rings is 1. The number of benzene rings is 1. The lowest BCUT2D eigenvalue weighted by molar-refractivity contribution is -0.137. The molecule has 1 aromatic carbocycles. The van der Waals surface area contributed by atoms with E-state index in [-0.39, 0.29) is 11.6 Å². The summed E-state index contributed by atoms with van der Waals surface area (Å²) in [6.45, 7) is 1.97. The van der Waals surface area contributed by atoms with Crippen LogP contribution < -0.4 is 5.32 Å². The van der Waals surface area contributed by atoms with Crippen molar-refractivity contribution in [3.63, 3.8) is 0 Å². The van der Waals surface area contributed by atoms with E-state index >= 15 is 0 Å². The summed E-state index contributed by atoms with van der Waals surface area (Å²) < 4.78 is 48.6. The van der Waals surface area contributed by atoms with E-state index in [2.05, 4.69) is 10.3 Å². The number of ether oxygens (including phenoxy) is 1. The van der Waals surface area contributed by atoms with Crippen molar-refractivity contribution in [3.05, 3.63) is 29.7 Å². The van der Waals surface area contributed by atoms with Crippen LogP contribution in [0.15, 0.2) is 22.6 Å². The third-order valence-electron chi connectivity index (χ3n) is 3.18. The smallest absolute Gasteiger partial charge is 0.416 e. The Balaban J connectivity index is 1.83. The van der Waals surface area contributed by atoms with Gasteiger partial charge in [0.1, 0.15) is 5.52 Å². The van der Waals surface area contributed by atoms with Gasteiger partial charge in [0.2, 0.25) is 0 Å². The molecule has 1 aliphatic heterocycles. The van der Waals surface area contributed by atoms with Crippen LogP contribution in [0.25, 0.3) is 11.1 Å². The summed E-state index contributed by atoms with van der Waals surface area (Å²) in [6.07, 6.45) is -3.87. The van der Waals surface area contributed by atoms with Crippen molar-refractivity contribution in [3.8, 4) is 0 Å². The van der Waals surface area contributed by atoms with E-state index in [1.807, 2.05) is 0 Å². The molecule has 4 nitrogen and oxygen atoms in total. The Hall–Kier alpha value is -1.60. The number of alkyl halides is 3. The van der Waals surface area contributed by atoms with E-state index in [4.69, 9.17) is 9.15 Å². The second-order valence-electron chi connectivity index (χ2n) is 4.72. The average molecular weight is 286 g/mol. The van der Waals surface area contributed by atoms with Crippen molar-refractivity contribution < 1.29 is 22.3 Å². The Morgan fingerprint density at radius 1 is 1.35 bits per heavy atom. The first kappa shape index (κ1) is 13.4. The first-order valence-corrected chi connectivity index (χ1v) is 6.30. The molecule has 0 spiro atoms. The highest BCUT2D eigenvalue weighted by atomic mass is 19.4. The Morgan fingerprint density at radius 3 is 2.90 bits per heavy atom. The molecule has 0 saturated carbocycles. The number of nitrogens with zero attached hydrogens (tertiary/aromatic N) is 1. The normalized spacial score (nSPS) is 20.4. The largest absolute Gasteiger partial charge is 0.441 e. The summed E-state index contributed by atoms with van der Waals surface area (Å²) in [5, 5.41) is 3.24. The molecule has 1 N–H and O–H groups in total. The molecular formula is C13H13F3N2O2. The molecule has 0 aliphatic carbocycles. The second kappa shape index (κ2) is 5.06. The quantitative estimate of drug-likeness (QED) is 0.920. The predicted octanol–water partition coefficient (Wildman–Crippen LogP) is 2.38. The van der Waals surface area contributed by atoms with Crippen LogP contribution in [0.4, 0.5) is 13.2 Å². The maximum Gasteiger partial charge on any atom is 0.416 e. The van der Waals surface area contributed by atoms with Gasteiger partial charge in [-0.15, -0.1) is 0 Å². The van der Waals surface area contributed by atoms with Crippen molar-refractivity contribution in [1.82, 2.24) is 10.3 Å². The zero-order valence-electron chi connectivity index (χ0n) is 10.5. The van der Waals surface area contributed by atoms with Gasteiger partial charge < -0.3 is 14.5 Å². The van der Waals surface area contributed by atoms with Crippen molar-refractivity contribution in [2.24, 2.45) is 0 Å². The minimum Gasteiger partial charge on any atom is -0.441 e. The molecule has 7 heteroatoms. The monoisotopic (exact) mass is 286 g/mol. The van der Waals surface area contributed by atoms with Gasteiger partial charge in [-0.2, -0.15) is 13.2 Å². The van der Waals surface area contributed by atoms with Crippen LogP contribution in [0.3, 0.4) is 0 Å². The lowest BCUT2D eigenvalue weighted by atomic mass is 10.2. The molecule has 1 fully saturated rings. The topological polar surface area (TPSA) is 47.3 Å². The van der Waals surface area contributed by atoms with Crippen LogP contribution in [-0.4, -0.2) is 30.8 Å². The Kier molecular flexibility index (Phi) is 3.39. The number of hydrogen-bond donors (Lipinski definition) is 1. The molecular weight excluding hydrogens is 273 g/mol. The molecule has 2 heterocycles. The molecule has 0 radical (unpaired) electrons. The molecule has 108 valence electrons. The summed E-state index contributed by atoms with van der Waals surface area (Å²) in [7, 11) is 0. The Morgan fingerprint density at radius 2 is 2.20 bits per heavy atom. The molecule has 1 atom stereocenters. The first-order chi connectivity index (χ1) is 9.52. The molecule has 0 amide bonds. The van der Waals surface area contributed by atoms with Crippen LogP contribution in [0.2, 0.25) is 0 Å². The lowest BCUT2D eigenvalue weighted by Crippen LogP contribution is -2.42. The number of rotatable bonds is 2. The van der Waals surface area contributed by atoms with Crippen LogP contribution in [0, 0.1) is 0 Å². The number of hydrogen-bond acceptors (Lipinski definition) is 4. The maximum atomic E-state index is 12.6. The molecule has 1 aliphatic rings. The summed E-state index contributed by atoms with van der Waals surface area (Å²) in [5.41, 5.74) is -0.125. The molecule has 1 saturated heterocycles. The molecule has 3 rings (SSSR count). The molecule has 20 heavy (non-hydrogen) atoms. The lowest BCUT2D eigenvalue weighted by Gasteiger charge is -2.22. The Bertz CT molecular complexity index is 603. The standard InChI is InChI=1S/C13H13F3N2O2/c14-13(15,16)8-1-2-11-10(5-8)18-12(20-11)6-9-7-19-4-3-17-9/h1-2,5,9,17H,3-4,6-7H2. The van der Waals surface area contributed by atoms with Crippen molar-refractivity contribution in [1.29, 1.82) is 0 Å². The van der Waals surface area contributed by atoms with Gasteiger partial charge in [0.15, 0.2) is 11.5 Å². The fraction of sp³-hybridized carbons (Fsp3) is 0.462. The van der Waals surface area contributed by atoms with Crippen molar-refractivity contribution in [2.45, 2.75) is 18.6 Å². The van der Waals surface area contributed by atoms with E-state index < -0.39 is 11.7 Å². The zero-order valence-corrected chi connectivity index (χ0v) is 10.5. The number of aromatic nitrogens is 1. The van der Waals surface area contributed by atoms with Gasteiger partial charge in [-0.1, -0.05) is 0 Å². The molecule has 2 aromatic rings. The highest BCUT2D eigenvalue weighted by molar-refractivity contribution is 5.73. The minimum atomic E-state index is -4.37. The predicted molar refractivity (Wildman–Crippen MR) is 65.3 cm³/mol. The highest BCUT2D eigenvalue weighted by Crippen LogP contribution is 2.31. The summed E-state index contributed by atoms with van der Waals surface area (Å²) in [4.78, 5) is 4.12. The van der Waals surface area contributed by atoms with E-state index in [0.29, 0.717) is 31.1 Å². The van der Waals surface area contributed by atoms with E-state index in [1.54, 1.807) is 0 Å². The van der Waals surface area contributed by atoms with Gasteiger partial charge in [0, 0.05) is 19.0 Å². The van der Waals surface area contributed by atoms with Crippen LogP contribution in [0.5, 0.6) is 0 Å². The van der Waals surface area contributed by atoms with Gasteiger partial charge in [-0.25, -0.2) is 4.98 Å². The van der Waals surface area contributed by atoms with Crippen molar-refractivity contribution in [2.75, 3.05) is 19.8 Å². The number of fused-ring (bicyclic) bond motifs is 1. The van der Waals surface area contributed by atoms with E-state index in [0.717, 1.165) is 18.7 Å². The fourth-order valence-electron chi connectivity index (χ4n) is 2.20. The van der Waals surface area contributed by atoms with E-state index in [9.17, 15) is 13.2 Å². The van der Waals surface area contributed by atoms with E-state index in [1.165, 1.54) is 6.07 Å². The number of nitrogens with one attached hydrogen (secondary N) is 1. The average Bonchev–Trinajstić information content (AvgIpc) is 2.80. The summed E-state index contributed by atoms with van der Waals surface area (Å²) in [5.74, 6) is 0.419. The van der Waals surface area contributed by atoms with Gasteiger partial charge in [0.25, 0.3) is 0 Å². The van der Waals surface area contributed by atoms with Crippen molar-refractivity contribution >= 4 is 11.1 Å². The minimum absolute atomic E-state index is 0.0823. The zero-order chi connectivity index (χ0) is 14.2. The van der Waals surface area contributed by atoms with Gasteiger partial charge >= 0.3 is 6.18 Å².